The molecule has 0 aromatic heterocycles. The molecule has 5 heteroatoms. The number of hydrogen-bond acceptors (Lipinski definition) is 4. The first-order valence-corrected chi connectivity index (χ1v) is 6.68. The maximum atomic E-state index is 12.0. The van der Waals surface area contributed by atoms with Crippen LogP contribution in [0.5, 0.6) is 0 Å². The van der Waals surface area contributed by atoms with E-state index in [2.05, 4.69) is 16.3 Å². The number of amides is 1. The molecule has 5 nitrogen and oxygen atoms in total. The van der Waals surface area contributed by atoms with Gasteiger partial charge in [0.05, 0.1) is 19.0 Å². The Kier molecular flexibility index (Phi) is 6.69. The molecule has 0 spiro atoms. The van der Waals surface area contributed by atoms with E-state index in [4.69, 9.17) is 5.26 Å². The SMILES string of the molecule is CNCC1CCCCN1CC(=O)N(C)CCC#N. The van der Waals surface area contributed by atoms with Crippen LogP contribution in [0.4, 0.5) is 0 Å². The van der Waals surface area contributed by atoms with Gasteiger partial charge in [-0.15, -0.1) is 0 Å². The highest BCUT2D eigenvalue weighted by molar-refractivity contribution is 5.78. The van der Waals surface area contributed by atoms with Crippen molar-refractivity contribution in [3.8, 4) is 6.07 Å². The van der Waals surface area contributed by atoms with Gasteiger partial charge in [0.15, 0.2) is 0 Å². The number of likely N-dealkylation sites (N-methyl/N-ethyl adjacent to an activating group) is 2. The molecule has 0 radical (unpaired) electrons. The van der Waals surface area contributed by atoms with Crippen LogP contribution in [0.3, 0.4) is 0 Å². The van der Waals surface area contributed by atoms with Crippen LogP contribution in [0.2, 0.25) is 0 Å². The van der Waals surface area contributed by atoms with Crippen molar-refractivity contribution < 1.29 is 4.79 Å². The minimum absolute atomic E-state index is 0.119. The number of carbonyl (C=O) groups excluding carboxylic acids is 1. The van der Waals surface area contributed by atoms with E-state index in [1.165, 1.54) is 12.8 Å². The van der Waals surface area contributed by atoms with Crippen molar-refractivity contribution in [3.05, 3.63) is 0 Å². The van der Waals surface area contributed by atoms with E-state index >= 15 is 0 Å². The summed E-state index contributed by atoms with van der Waals surface area (Å²) >= 11 is 0. The molecule has 1 fully saturated rings. The average Bonchev–Trinajstić information content (AvgIpc) is 2.38. The van der Waals surface area contributed by atoms with E-state index in [1.807, 2.05) is 7.05 Å². The van der Waals surface area contributed by atoms with E-state index in [0.29, 0.717) is 25.6 Å². The van der Waals surface area contributed by atoms with E-state index in [9.17, 15) is 4.79 Å². The number of likely N-dealkylation sites (tertiary alicyclic amines) is 1. The molecular weight excluding hydrogens is 228 g/mol. The van der Waals surface area contributed by atoms with Gasteiger partial charge in [-0.1, -0.05) is 6.42 Å². The molecule has 1 amide bonds. The minimum atomic E-state index is 0.119. The summed E-state index contributed by atoms with van der Waals surface area (Å²) in [4.78, 5) is 16.0. The average molecular weight is 252 g/mol. The van der Waals surface area contributed by atoms with Gasteiger partial charge in [0.25, 0.3) is 0 Å². The normalized spacial score (nSPS) is 20.4. The Hall–Kier alpha value is -1.12. The van der Waals surface area contributed by atoms with Gasteiger partial charge in [-0.2, -0.15) is 5.26 Å². The van der Waals surface area contributed by atoms with Gasteiger partial charge >= 0.3 is 0 Å². The number of hydrogen-bond donors (Lipinski definition) is 1. The number of nitrogens with one attached hydrogen (secondary N) is 1. The fourth-order valence-corrected chi connectivity index (χ4v) is 2.37. The maximum absolute atomic E-state index is 12.0. The van der Waals surface area contributed by atoms with Gasteiger partial charge in [0.2, 0.25) is 5.91 Å². The monoisotopic (exact) mass is 252 g/mol. The summed E-state index contributed by atoms with van der Waals surface area (Å²) in [5.74, 6) is 0.119. The molecule has 1 heterocycles. The Bertz CT molecular complexity index is 298. The summed E-state index contributed by atoms with van der Waals surface area (Å²) in [6.45, 7) is 2.95. The molecule has 0 bridgehead atoms. The van der Waals surface area contributed by atoms with E-state index in [-0.39, 0.29) is 5.91 Å². The third kappa shape index (κ3) is 4.63. The lowest BCUT2D eigenvalue weighted by atomic mass is 10.0. The highest BCUT2D eigenvalue weighted by Gasteiger charge is 2.24. The van der Waals surface area contributed by atoms with Crippen molar-refractivity contribution in [1.29, 1.82) is 5.26 Å². The predicted molar refractivity (Wildman–Crippen MR) is 71.0 cm³/mol. The third-order valence-corrected chi connectivity index (χ3v) is 3.51. The van der Waals surface area contributed by atoms with Crippen LogP contribution in [-0.4, -0.2) is 62.0 Å². The van der Waals surface area contributed by atoms with Crippen molar-refractivity contribution in [2.45, 2.75) is 31.7 Å². The molecule has 0 aliphatic carbocycles. The fourth-order valence-electron chi connectivity index (χ4n) is 2.37. The number of carbonyl (C=O) groups is 1. The number of nitrogens with zero attached hydrogens (tertiary/aromatic N) is 3. The highest BCUT2D eigenvalue weighted by atomic mass is 16.2. The lowest BCUT2D eigenvalue weighted by Gasteiger charge is -2.36. The summed E-state index contributed by atoms with van der Waals surface area (Å²) in [5.41, 5.74) is 0. The Morgan fingerprint density at radius 3 is 3.00 bits per heavy atom. The van der Waals surface area contributed by atoms with Gasteiger partial charge in [-0.3, -0.25) is 9.69 Å². The molecule has 0 saturated carbocycles. The topological polar surface area (TPSA) is 59.4 Å². The standard InChI is InChI=1S/C13H24N4O/c1-15-10-12-6-3-4-9-17(12)11-13(18)16(2)8-5-7-14/h12,15H,3-6,8-11H2,1-2H3. The van der Waals surface area contributed by atoms with E-state index < -0.39 is 0 Å². The molecule has 1 saturated heterocycles. The third-order valence-electron chi connectivity index (χ3n) is 3.51. The van der Waals surface area contributed by atoms with Crippen molar-refractivity contribution in [2.24, 2.45) is 0 Å². The molecular formula is C13H24N4O. The second kappa shape index (κ2) is 8.06. The number of rotatable bonds is 6. The Balaban J connectivity index is 2.43. The molecule has 18 heavy (non-hydrogen) atoms. The Morgan fingerprint density at radius 2 is 2.33 bits per heavy atom. The summed E-state index contributed by atoms with van der Waals surface area (Å²) in [7, 11) is 3.73. The lowest BCUT2D eigenvalue weighted by molar-refractivity contribution is -0.132. The van der Waals surface area contributed by atoms with Crippen molar-refractivity contribution >= 4 is 5.91 Å². The van der Waals surface area contributed by atoms with Crippen LogP contribution in [0.1, 0.15) is 25.7 Å². The van der Waals surface area contributed by atoms with E-state index in [1.54, 1.807) is 11.9 Å². The van der Waals surface area contributed by atoms with Crippen molar-refractivity contribution in [2.75, 3.05) is 40.3 Å². The Morgan fingerprint density at radius 1 is 1.56 bits per heavy atom. The van der Waals surface area contributed by atoms with Crippen LogP contribution in [0.15, 0.2) is 0 Å². The minimum Gasteiger partial charge on any atom is -0.344 e. The molecule has 1 N–H and O–H groups in total. The quantitative estimate of drug-likeness (QED) is 0.745. The van der Waals surface area contributed by atoms with Gasteiger partial charge in [0, 0.05) is 26.2 Å². The van der Waals surface area contributed by atoms with Gasteiger partial charge in [-0.25, -0.2) is 0 Å². The molecule has 1 atom stereocenters. The zero-order chi connectivity index (χ0) is 13.4. The first kappa shape index (κ1) is 14.9. The van der Waals surface area contributed by atoms with Gasteiger partial charge < -0.3 is 10.2 Å². The van der Waals surface area contributed by atoms with Crippen molar-refractivity contribution in [1.82, 2.24) is 15.1 Å². The van der Waals surface area contributed by atoms with Crippen LogP contribution in [0, 0.1) is 11.3 Å². The van der Waals surface area contributed by atoms with Gasteiger partial charge in [-0.05, 0) is 26.4 Å². The zero-order valence-electron chi connectivity index (χ0n) is 11.5. The van der Waals surface area contributed by atoms with Crippen LogP contribution in [-0.2, 0) is 4.79 Å². The number of nitriles is 1. The fraction of sp³-hybridized carbons (Fsp3) is 0.846. The molecule has 1 aliphatic heterocycles. The molecule has 102 valence electrons. The smallest absolute Gasteiger partial charge is 0.236 e. The highest BCUT2D eigenvalue weighted by Crippen LogP contribution is 2.16. The second-order valence-electron chi connectivity index (χ2n) is 4.90. The lowest BCUT2D eigenvalue weighted by Crippen LogP contribution is -2.49. The van der Waals surface area contributed by atoms with Crippen LogP contribution < -0.4 is 5.32 Å². The maximum Gasteiger partial charge on any atom is 0.236 e. The van der Waals surface area contributed by atoms with E-state index in [0.717, 1.165) is 19.5 Å². The molecule has 0 aromatic carbocycles. The molecule has 1 aliphatic rings. The second-order valence-corrected chi connectivity index (χ2v) is 4.90. The summed E-state index contributed by atoms with van der Waals surface area (Å²) in [6, 6.07) is 2.54. The first-order valence-electron chi connectivity index (χ1n) is 6.68. The van der Waals surface area contributed by atoms with Crippen LogP contribution in [0.25, 0.3) is 0 Å². The predicted octanol–water partition coefficient (Wildman–Crippen LogP) is 0.432. The summed E-state index contributed by atoms with van der Waals surface area (Å²) in [5, 5.41) is 11.7. The zero-order valence-corrected chi connectivity index (χ0v) is 11.5. The van der Waals surface area contributed by atoms with Crippen molar-refractivity contribution in [3.63, 3.8) is 0 Å². The van der Waals surface area contributed by atoms with Crippen LogP contribution >= 0.6 is 0 Å². The summed E-state index contributed by atoms with van der Waals surface area (Å²) < 4.78 is 0. The Labute approximate surface area is 110 Å². The van der Waals surface area contributed by atoms with Gasteiger partial charge in [0.1, 0.15) is 0 Å². The molecule has 0 aromatic rings. The summed E-state index contributed by atoms with van der Waals surface area (Å²) in [6.07, 6.45) is 3.99. The largest absolute Gasteiger partial charge is 0.344 e. The number of piperidine rings is 1. The molecule has 1 rings (SSSR count). The first-order chi connectivity index (χ1) is 8.69. The molecule has 1 unspecified atom stereocenters.